The molecule has 0 bridgehead atoms. The highest BCUT2D eigenvalue weighted by Gasteiger charge is 2.41. The smallest absolute Gasteiger partial charge is 0.0128 e. The number of nitrogens with zero attached hydrogens (tertiary/aromatic N) is 1. The Balaban J connectivity index is 1.74. The van der Waals surface area contributed by atoms with Gasteiger partial charge < -0.3 is 5.32 Å². The second-order valence-electron chi connectivity index (χ2n) is 5.33. The minimum Gasteiger partial charge on any atom is -0.315 e. The molecule has 2 fully saturated rings. The summed E-state index contributed by atoms with van der Waals surface area (Å²) in [4.78, 5) is 2.72. The molecule has 14 heavy (non-hydrogen) atoms. The van der Waals surface area contributed by atoms with Crippen molar-refractivity contribution in [2.45, 2.75) is 39.2 Å². The minimum atomic E-state index is 0.884. The lowest BCUT2D eigenvalue weighted by atomic mass is 10.1. The van der Waals surface area contributed by atoms with Gasteiger partial charge in [0.25, 0.3) is 0 Å². The Hall–Kier alpha value is -0.0800. The van der Waals surface area contributed by atoms with Crippen molar-refractivity contribution in [3.63, 3.8) is 0 Å². The summed E-state index contributed by atoms with van der Waals surface area (Å²) in [6, 6.07) is 0.942. The molecule has 1 aliphatic heterocycles. The number of hydrogen-bond donors (Lipinski definition) is 1. The van der Waals surface area contributed by atoms with E-state index in [0.29, 0.717) is 0 Å². The molecular formula is C12H24N2. The van der Waals surface area contributed by atoms with Crippen molar-refractivity contribution in [3.8, 4) is 0 Å². The molecule has 2 aliphatic rings. The minimum absolute atomic E-state index is 0.884. The van der Waals surface area contributed by atoms with Crippen LogP contribution in [0.15, 0.2) is 0 Å². The van der Waals surface area contributed by atoms with Gasteiger partial charge in [0, 0.05) is 19.1 Å². The molecule has 1 saturated heterocycles. The van der Waals surface area contributed by atoms with Crippen molar-refractivity contribution in [1.82, 2.24) is 10.2 Å². The van der Waals surface area contributed by atoms with Crippen molar-refractivity contribution < 1.29 is 0 Å². The Morgan fingerprint density at radius 3 is 2.93 bits per heavy atom. The van der Waals surface area contributed by atoms with E-state index < -0.39 is 0 Å². The van der Waals surface area contributed by atoms with Crippen LogP contribution in [0.3, 0.4) is 0 Å². The molecule has 2 unspecified atom stereocenters. The van der Waals surface area contributed by atoms with Crippen molar-refractivity contribution >= 4 is 0 Å². The molecule has 0 spiro atoms. The van der Waals surface area contributed by atoms with Gasteiger partial charge >= 0.3 is 0 Å². The third-order valence-electron chi connectivity index (χ3n) is 3.50. The molecule has 0 amide bonds. The first kappa shape index (κ1) is 10.4. The summed E-state index contributed by atoms with van der Waals surface area (Å²) in [6.45, 7) is 9.72. The van der Waals surface area contributed by atoms with E-state index in [1.807, 2.05) is 0 Å². The Morgan fingerprint density at radius 1 is 1.29 bits per heavy atom. The molecule has 2 rings (SSSR count). The van der Waals surface area contributed by atoms with Crippen LogP contribution in [0.5, 0.6) is 0 Å². The standard InChI is InChI=1S/C12H24N2/c1-10(2)8-11-9-12(11)14-6-3-4-13-5-7-14/h10-13H,3-9H2,1-2H3. The summed E-state index contributed by atoms with van der Waals surface area (Å²) in [5, 5.41) is 3.47. The van der Waals surface area contributed by atoms with Crippen LogP contribution in [0.1, 0.15) is 33.1 Å². The van der Waals surface area contributed by atoms with Gasteiger partial charge in [-0.1, -0.05) is 13.8 Å². The first-order chi connectivity index (χ1) is 6.77. The van der Waals surface area contributed by atoms with Crippen molar-refractivity contribution in [2.24, 2.45) is 11.8 Å². The fourth-order valence-electron chi connectivity index (χ4n) is 2.74. The van der Waals surface area contributed by atoms with E-state index in [-0.39, 0.29) is 0 Å². The SMILES string of the molecule is CC(C)CC1CC1N1CCCNCC1. The molecule has 82 valence electrons. The van der Waals surface area contributed by atoms with Crippen LogP contribution < -0.4 is 5.32 Å². The van der Waals surface area contributed by atoms with E-state index in [2.05, 4.69) is 24.1 Å². The second-order valence-corrected chi connectivity index (χ2v) is 5.33. The molecule has 2 atom stereocenters. The summed E-state index contributed by atoms with van der Waals surface area (Å²) in [7, 11) is 0. The van der Waals surface area contributed by atoms with Crippen molar-refractivity contribution in [1.29, 1.82) is 0 Å². The van der Waals surface area contributed by atoms with Gasteiger partial charge in [-0.25, -0.2) is 0 Å². The maximum absolute atomic E-state index is 3.47. The fourth-order valence-corrected chi connectivity index (χ4v) is 2.74. The Morgan fingerprint density at radius 2 is 2.14 bits per heavy atom. The third-order valence-corrected chi connectivity index (χ3v) is 3.50. The average Bonchev–Trinajstić information content (AvgIpc) is 2.85. The first-order valence-electron chi connectivity index (χ1n) is 6.22. The van der Waals surface area contributed by atoms with Crippen LogP contribution >= 0.6 is 0 Å². The normalized spacial score (nSPS) is 34.5. The summed E-state index contributed by atoms with van der Waals surface area (Å²) >= 11 is 0. The summed E-state index contributed by atoms with van der Waals surface area (Å²) in [5.74, 6) is 1.91. The van der Waals surface area contributed by atoms with Crippen molar-refractivity contribution in [2.75, 3.05) is 26.2 Å². The number of nitrogens with one attached hydrogen (secondary N) is 1. The lowest BCUT2D eigenvalue weighted by Gasteiger charge is -2.19. The molecule has 1 heterocycles. The summed E-state index contributed by atoms with van der Waals surface area (Å²) < 4.78 is 0. The van der Waals surface area contributed by atoms with Crippen LogP contribution in [-0.4, -0.2) is 37.1 Å². The predicted octanol–water partition coefficient (Wildman–Crippen LogP) is 1.72. The van der Waals surface area contributed by atoms with Gasteiger partial charge in [0.1, 0.15) is 0 Å². The van der Waals surface area contributed by atoms with Crippen LogP contribution in [-0.2, 0) is 0 Å². The van der Waals surface area contributed by atoms with Crippen LogP contribution in [0.2, 0.25) is 0 Å². The molecule has 2 nitrogen and oxygen atoms in total. The fraction of sp³-hybridized carbons (Fsp3) is 1.00. The summed E-state index contributed by atoms with van der Waals surface area (Å²) in [6.07, 6.45) is 4.25. The zero-order valence-electron chi connectivity index (χ0n) is 9.63. The molecule has 1 N–H and O–H groups in total. The first-order valence-corrected chi connectivity index (χ1v) is 6.22. The van der Waals surface area contributed by atoms with E-state index >= 15 is 0 Å². The van der Waals surface area contributed by atoms with Gasteiger partial charge in [-0.15, -0.1) is 0 Å². The van der Waals surface area contributed by atoms with Gasteiger partial charge in [-0.3, -0.25) is 4.90 Å². The molecular weight excluding hydrogens is 172 g/mol. The summed E-state index contributed by atoms with van der Waals surface area (Å²) in [5.41, 5.74) is 0. The Labute approximate surface area is 88.1 Å². The largest absolute Gasteiger partial charge is 0.315 e. The van der Waals surface area contributed by atoms with Crippen molar-refractivity contribution in [3.05, 3.63) is 0 Å². The molecule has 0 radical (unpaired) electrons. The number of rotatable bonds is 3. The lowest BCUT2D eigenvalue weighted by molar-refractivity contribution is 0.263. The van der Waals surface area contributed by atoms with E-state index in [1.165, 1.54) is 45.4 Å². The maximum Gasteiger partial charge on any atom is 0.0128 e. The molecule has 0 aromatic carbocycles. The molecule has 1 aliphatic carbocycles. The van der Waals surface area contributed by atoms with Gasteiger partial charge in [0.05, 0.1) is 0 Å². The second kappa shape index (κ2) is 4.63. The van der Waals surface area contributed by atoms with E-state index in [1.54, 1.807) is 0 Å². The highest BCUT2D eigenvalue weighted by molar-refractivity contribution is 4.95. The van der Waals surface area contributed by atoms with E-state index in [4.69, 9.17) is 0 Å². The zero-order chi connectivity index (χ0) is 9.97. The Kier molecular flexibility index (Phi) is 3.45. The zero-order valence-corrected chi connectivity index (χ0v) is 9.63. The van der Waals surface area contributed by atoms with E-state index in [9.17, 15) is 0 Å². The highest BCUT2D eigenvalue weighted by Crippen LogP contribution is 2.40. The van der Waals surface area contributed by atoms with Crippen LogP contribution in [0.4, 0.5) is 0 Å². The monoisotopic (exact) mass is 196 g/mol. The molecule has 2 heteroatoms. The molecule has 1 saturated carbocycles. The topological polar surface area (TPSA) is 15.3 Å². The van der Waals surface area contributed by atoms with Gasteiger partial charge in [-0.05, 0) is 44.2 Å². The highest BCUT2D eigenvalue weighted by atomic mass is 15.2. The van der Waals surface area contributed by atoms with Crippen LogP contribution in [0.25, 0.3) is 0 Å². The van der Waals surface area contributed by atoms with Gasteiger partial charge in [-0.2, -0.15) is 0 Å². The molecule has 0 aromatic heterocycles. The molecule has 0 aromatic rings. The lowest BCUT2D eigenvalue weighted by Crippen LogP contribution is -2.31. The predicted molar refractivity (Wildman–Crippen MR) is 60.4 cm³/mol. The van der Waals surface area contributed by atoms with Gasteiger partial charge in [0.2, 0.25) is 0 Å². The third kappa shape index (κ3) is 2.71. The van der Waals surface area contributed by atoms with Gasteiger partial charge in [0.15, 0.2) is 0 Å². The Bertz CT molecular complexity index is 171. The average molecular weight is 196 g/mol. The quantitative estimate of drug-likeness (QED) is 0.739. The van der Waals surface area contributed by atoms with Crippen LogP contribution in [0, 0.1) is 11.8 Å². The number of hydrogen-bond acceptors (Lipinski definition) is 2. The van der Waals surface area contributed by atoms with E-state index in [0.717, 1.165) is 17.9 Å². The maximum atomic E-state index is 3.47.